The van der Waals surface area contributed by atoms with Gasteiger partial charge in [-0.15, -0.1) is 0 Å². The molecule has 0 aromatic heterocycles. The van der Waals surface area contributed by atoms with Gasteiger partial charge in [0.1, 0.15) is 5.60 Å². The zero-order valence-corrected chi connectivity index (χ0v) is 11.5. The van der Waals surface area contributed by atoms with Crippen LogP contribution in [0, 0.1) is 6.07 Å². The molecular formula is C15H21O2. The molecule has 17 heavy (non-hydrogen) atoms. The van der Waals surface area contributed by atoms with Gasteiger partial charge in [0.15, 0.2) is 0 Å². The molecule has 0 saturated heterocycles. The number of hydrogen-bond acceptors (Lipinski definition) is 2. The second-order valence-electron chi connectivity index (χ2n) is 6.22. The summed E-state index contributed by atoms with van der Waals surface area (Å²) in [7, 11) is 0. The molecule has 1 radical (unpaired) electrons. The zero-order valence-electron chi connectivity index (χ0n) is 11.5. The second-order valence-corrected chi connectivity index (χ2v) is 6.22. The zero-order chi connectivity index (χ0) is 13.3. The van der Waals surface area contributed by atoms with Gasteiger partial charge in [0.25, 0.3) is 0 Å². The van der Waals surface area contributed by atoms with Crippen LogP contribution in [0.5, 0.6) is 0 Å². The Morgan fingerprint density at radius 3 is 2.24 bits per heavy atom. The van der Waals surface area contributed by atoms with E-state index in [4.69, 9.17) is 4.74 Å². The highest BCUT2D eigenvalue weighted by molar-refractivity contribution is 5.91. The molecule has 0 bridgehead atoms. The van der Waals surface area contributed by atoms with E-state index in [1.165, 1.54) is 0 Å². The average molecular weight is 233 g/mol. The Kier molecular flexibility index (Phi) is 3.65. The smallest absolute Gasteiger partial charge is 0.338 e. The highest BCUT2D eigenvalue weighted by Gasteiger charge is 2.24. The maximum atomic E-state index is 12.1. The molecule has 2 heteroatoms. The van der Waals surface area contributed by atoms with E-state index in [-0.39, 0.29) is 11.4 Å². The molecule has 1 aromatic carbocycles. The number of carbonyl (C=O) groups excluding carboxylic acids is 1. The number of rotatable bonds is 1. The molecule has 0 saturated carbocycles. The quantitative estimate of drug-likeness (QED) is 0.691. The van der Waals surface area contributed by atoms with Crippen molar-refractivity contribution in [3.63, 3.8) is 0 Å². The fourth-order valence-corrected chi connectivity index (χ4v) is 1.56. The van der Waals surface area contributed by atoms with Gasteiger partial charge in [-0.1, -0.05) is 26.8 Å². The van der Waals surface area contributed by atoms with Crippen molar-refractivity contribution in [2.24, 2.45) is 0 Å². The Labute approximate surface area is 104 Å². The summed E-state index contributed by atoms with van der Waals surface area (Å²) in [6.07, 6.45) is 0. The van der Waals surface area contributed by atoms with E-state index in [2.05, 4.69) is 26.8 Å². The Bertz CT molecular complexity index is 406. The Morgan fingerprint density at radius 2 is 1.76 bits per heavy atom. The molecule has 0 heterocycles. The van der Waals surface area contributed by atoms with Gasteiger partial charge in [0.2, 0.25) is 0 Å². The summed E-state index contributed by atoms with van der Waals surface area (Å²) in [5.41, 5.74) is 1.04. The summed E-state index contributed by atoms with van der Waals surface area (Å²) in [5.74, 6) is -0.267. The Morgan fingerprint density at radius 1 is 1.18 bits per heavy atom. The van der Waals surface area contributed by atoms with Crippen LogP contribution in [0.2, 0.25) is 0 Å². The maximum absolute atomic E-state index is 12.1. The molecule has 0 spiro atoms. The number of hydrogen-bond donors (Lipinski definition) is 0. The lowest BCUT2D eigenvalue weighted by Gasteiger charge is -2.25. The van der Waals surface area contributed by atoms with Gasteiger partial charge >= 0.3 is 5.97 Å². The molecule has 0 unspecified atom stereocenters. The van der Waals surface area contributed by atoms with Crippen LogP contribution in [0.4, 0.5) is 0 Å². The molecule has 0 aliphatic rings. The third kappa shape index (κ3) is 3.88. The van der Waals surface area contributed by atoms with Gasteiger partial charge in [0.05, 0.1) is 5.56 Å². The summed E-state index contributed by atoms with van der Waals surface area (Å²) in [5, 5.41) is 0. The van der Waals surface area contributed by atoms with Crippen molar-refractivity contribution in [2.45, 2.75) is 52.6 Å². The normalized spacial score (nSPS) is 12.4. The van der Waals surface area contributed by atoms with E-state index in [1.54, 1.807) is 12.1 Å². The van der Waals surface area contributed by atoms with Crippen LogP contribution < -0.4 is 0 Å². The first-order valence-electron chi connectivity index (χ1n) is 5.85. The maximum Gasteiger partial charge on any atom is 0.338 e. The molecule has 0 amide bonds. The van der Waals surface area contributed by atoms with Gasteiger partial charge < -0.3 is 4.74 Å². The first-order chi connectivity index (χ1) is 7.61. The van der Waals surface area contributed by atoms with E-state index < -0.39 is 5.60 Å². The minimum absolute atomic E-state index is 0.0933. The third-order valence-corrected chi connectivity index (χ3v) is 2.29. The number of esters is 1. The first kappa shape index (κ1) is 13.8. The predicted molar refractivity (Wildman–Crippen MR) is 69.1 cm³/mol. The van der Waals surface area contributed by atoms with E-state index in [9.17, 15) is 4.79 Å². The minimum Gasteiger partial charge on any atom is -0.456 e. The van der Waals surface area contributed by atoms with Crippen LogP contribution >= 0.6 is 0 Å². The van der Waals surface area contributed by atoms with Crippen LogP contribution in [-0.4, -0.2) is 11.6 Å². The van der Waals surface area contributed by atoms with Gasteiger partial charge in [0, 0.05) is 0 Å². The molecule has 0 aliphatic heterocycles. The van der Waals surface area contributed by atoms with Crippen molar-refractivity contribution in [1.29, 1.82) is 0 Å². The van der Waals surface area contributed by atoms with Crippen molar-refractivity contribution in [3.8, 4) is 0 Å². The van der Waals surface area contributed by atoms with Crippen molar-refractivity contribution in [2.75, 3.05) is 0 Å². The van der Waals surface area contributed by atoms with Gasteiger partial charge in [-0.05, 0) is 49.9 Å². The van der Waals surface area contributed by atoms with Gasteiger partial charge in [-0.2, -0.15) is 0 Å². The largest absolute Gasteiger partial charge is 0.456 e. The van der Waals surface area contributed by atoms with Crippen molar-refractivity contribution >= 4 is 5.97 Å². The molecule has 1 rings (SSSR count). The fourth-order valence-electron chi connectivity index (χ4n) is 1.56. The van der Waals surface area contributed by atoms with Crippen LogP contribution in [0.25, 0.3) is 0 Å². The summed E-state index contributed by atoms with van der Waals surface area (Å²) in [6.45, 7) is 11.8. The summed E-state index contributed by atoms with van der Waals surface area (Å²) in [6, 6.07) is 8.40. The Balaban J connectivity index is 3.11. The van der Waals surface area contributed by atoms with Crippen LogP contribution in [-0.2, 0) is 10.2 Å². The molecule has 1 aromatic rings. The number of carbonyl (C=O) groups is 1. The van der Waals surface area contributed by atoms with E-state index in [1.807, 2.05) is 26.8 Å². The molecule has 2 nitrogen and oxygen atoms in total. The third-order valence-electron chi connectivity index (χ3n) is 2.29. The van der Waals surface area contributed by atoms with Crippen LogP contribution in [0.3, 0.4) is 0 Å². The topological polar surface area (TPSA) is 26.3 Å². The van der Waals surface area contributed by atoms with Gasteiger partial charge in [-0.3, -0.25) is 0 Å². The summed E-state index contributed by atoms with van der Waals surface area (Å²) < 4.78 is 5.41. The van der Waals surface area contributed by atoms with E-state index >= 15 is 0 Å². The highest BCUT2D eigenvalue weighted by atomic mass is 16.6. The molecular weight excluding hydrogens is 212 g/mol. The van der Waals surface area contributed by atoms with Crippen LogP contribution in [0.15, 0.2) is 18.2 Å². The molecule has 0 aliphatic carbocycles. The predicted octanol–water partition coefficient (Wildman–Crippen LogP) is 3.74. The molecule has 0 fully saturated rings. The van der Waals surface area contributed by atoms with E-state index in [0.29, 0.717) is 5.56 Å². The lowest BCUT2D eigenvalue weighted by Crippen LogP contribution is -2.26. The first-order valence-corrected chi connectivity index (χ1v) is 5.85. The monoisotopic (exact) mass is 233 g/mol. The molecule has 0 N–H and O–H groups in total. The van der Waals surface area contributed by atoms with E-state index in [0.717, 1.165) is 5.56 Å². The van der Waals surface area contributed by atoms with Crippen LogP contribution in [0.1, 0.15) is 57.5 Å². The SMILES string of the molecule is CC(C)(C)OC(=O)c1cc[c]cc1C(C)(C)C. The molecule has 93 valence electrons. The van der Waals surface area contributed by atoms with Crippen molar-refractivity contribution < 1.29 is 9.53 Å². The summed E-state index contributed by atoms with van der Waals surface area (Å²) in [4.78, 5) is 12.1. The lowest BCUT2D eigenvalue weighted by atomic mass is 9.84. The average Bonchev–Trinajstić information content (AvgIpc) is 2.13. The lowest BCUT2D eigenvalue weighted by molar-refractivity contribution is 0.00670. The Hall–Kier alpha value is -1.31. The standard InChI is InChI=1S/C15H21O2/c1-14(2,3)12-10-8-7-9-11(12)13(16)17-15(4,5)6/h7,9-10H,1-6H3. The highest BCUT2D eigenvalue weighted by Crippen LogP contribution is 2.26. The fraction of sp³-hybridized carbons (Fsp3) is 0.533. The number of benzene rings is 1. The molecule has 0 atom stereocenters. The second kappa shape index (κ2) is 4.52. The summed E-state index contributed by atoms with van der Waals surface area (Å²) >= 11 is 0. The van der Waals surface area contributed by atoms with Crippen molar-refractivity contribution in [1.82, 2.24) is 0 Å². The minimum atomic E-state index is -0.466. The van der Waals surface area contributed by atoms with Gasteiger partial charge in [-0.25, -0.2) is 4.79 Å². The number of ether oxygens (including phenoxy) is 1. The van der Waals surface area contributed by atoms with Crippen molar-refractivity contribution in [3.05, 3.63) is 35.4 Å².